The number of aryl methyl sites for hydroxylation is 1. The highest BCUT2D eigenvalue weighted by molar-refractivity contribution is 6.13. The minimum Gasteiger partial charge on any atom is -0.368 e. The molecule has 1 aliphatic carbocycles. The first kappa shape index (κ1) is 23.7. The Kier molecular flexibility index (Phi) is 6.12. The largest absolute Gasteiger partial charge is 0.368 e. The van der Waals surface area contributed by atoms with E-state index in [1.54, 1.807) is 19.3 Å². The number of benzene rings is 2. The monoisotopic (exact) mass is 488 g/mol. The molecule has 0 fully saturated rings. The molecule has 182 valence electrons. The van der Waals surface area contributed by atoms with Gasteiger partial charge in [0.05, 0.1) is 12.1 Å². The summed E-state index contributed by atoms with van der Waals surface area (Å²) in [5, 5.41) is 12.8. The molecule has 1 aliphatic rings. The number of Topliss-reactive ketones (excluding diaryl/α,β-unsaturated/α-hetero) is 1. The normalized spacial score (nSPS) is 15.3. The quantitative estimate of drug-likeness (QED) is 0.432. The zero-order valence-electron chi connectivity index (χ0n) is 20.3. The zero-order valence-corrected chi connectivity index (χ0v) is 20.3. The molecule has 0 radical (unpaired) electrons. The molecule has 5 rings (SSSR count). The Morgan fingerprint density at radius 3 is 2.59 bits per heavy atom. The number of hydrogen-bond acceptors (Lipinski definition) is 7. The number of nitrogens with zero attached hydrogens (tertiary/aromatic N) is 4. The molecule has 0 amide bonds. The van der Waals surface area contributed by atoms with Gasteiger partial charge in [0.2, 0.25) is 11.5 Å². The number of nitrogens with one attached hydrogen (secondary N) is 1. The number of nitriles is 1. The lowest BCUT2D eigenvalue weighted by atomic mass is 9.74. The summed E-state index contributed by atoms with van der Waals surface area (Å²) in [6.45, 7) is 1.93. The van der Waals surface area contributed by atoms with Crippen LogP contribution in [0.25, 0.3) is 17.2 Å². The molecule has 2 aromatic heterocycles. The highest BCUT2D eigenvalue weighted by Gasteiger charge is 2.35. The van der Waals surface area contributed by atoms with Crippen LogP contribution in [-0.2, 0) is 7.05 Å². The van der Waals surface area contributed by atoms with E-state index in [1.807, 2.05) is 61.5 Å². The van der Waals surface area contributed by atoms with E-state index in [-0.39, 0.29) is 28.9 Å². The summed E-state index contributed by atoms with van der Waals surface area (Å²) in [7, 11) is 1.69. The van der Waals surface area contributed by atoms with Crippen molar-refractivity contribution in [2.45, 2.75) is 18.9 Å². The number of hydrogen-bond donors (Lipinski definition) is 2. The van der Waals surface area contributed by atoms with Crippen molar-refractivity contribution >= 4 is 23.6 Å². The van der Waals surface area contributed by atoms with Gasteiger partial charge in [0, 0.05) is 30.9 Å². The van der Waals surface area contributed by atoms with Gasteiger partial charge in [-0.25, -0.2) is 4.98 Å². The van der Waals surface area contributed by atoms with Crippen molar-refractivity contribution in [2.24, 2.45) is 7.05 Å². The first-order chi connectivity index (χ1) is 17.9. The molecule has 8 heteroatoms. The van der Waals surface area contributed by atoms with Crippen molar-refractivity contribution < 1.29 is 4.79 Å². The van der Waals surface area contributed by atoms with Gasteiger partial charge in [0.1, 0.15) is 17.5 Å². The fourth-order valence-electron chi connectivity index (χ4n) is 4.76. The Labute approximate surface area is 213 Å². The van der Waals surface area contributed by atoms with Gasteiger partial charge in [0.25, 0.3) is 0 Å². The Morgan fingerprint density at radius 2 is 1.86 bits per heavy atom. The van der Waals surface area contributed by atoms with E-state index in [0.717, 1.165) is 27.8 Å². The summed E-state index contributed by atoms with van der Waals surface area (Å²) >= 11 is 0. The van der Waals surface area contributed by atoms with Crippen molar-refractivity contribution in [3.63, 3.8) is 0 Å². The van der Waals surface area contributed by atoms with Crippen LogP contribution in [0.4, 0.5) is 11.8 Å². The number of ketones is 1. The molecule has 0 aliphatic heterocycles. The number of aromatic nitrogens is 3. The molecular weight excluding hydrogens is 464 g/mol. The summed E-state index contributed by atoms with van der Waals surface area (Å²) in [5.74, 6) is -0.240. The number of pyridine rings is 1. The van der Waals surface area contributed by atoms with Crippen LogP contribution in [0.15, 0.2) is 83.4 Å². The van der Waals surface area contributed by atoms with E-state index < -0.39 is 5.92 Å². The van der Waals surface area contributed by atoms with Crippen LogP contribution < -0.4 is 16.6 Å². The molecule has 0 bridgehead atoms. The maximum atomic E-state index is 14.3. The molecule has 8 nitrogen and oxygen atoms in total. The lowest BCUT2D eigenvalue weighted by Crippen LogP contribution is -2.30. The van der Waals surface area contributed by atoms with Gasteiger partial charge in [0.15, 0.2) is 5.78 Å². The predicted molar refractivity (Wildman–Crippen MR) is 143 cm³/mol. The first-order valence-electron chi connectivity index (χ1n) is 11.8. The maximum Gasteiger partial charge on any atom is 0.250 e. The molecule has 37 heavy (non-hydrogen) atoms. The van der Waals surface area contributed by atoms with Crippen LogP contribution >= 0.6 is 0 Å². The van der Waals surface area contributed by atoms with Gasteiger partial charge in [-0.3, -0.25) is 9.59 Å². The van der Waals surface area contributed by atoms with Crippen LogP contribution in [-0.4, -0.2) is 26.4 Å². The van der Waals surface area contributed by atoms with Gasteiger partial charge >= 0.3 is 0 Å². The van der Waals surface area contributed by atoms with E-state index in [1.165, 1.54) is 16.8 Å². The highest BCUT2D eigenvalue weighted by Crippen LogP contribution is 2.41. The molecule has 3 N–H and O–H groups in total. The predicted octanol–water partition coefficient (Wildman–Crippen LogP) is 4.16. The third-order valence-corrected chi connectivity index (χ3v) is 6.57. The van der Waals surface area contributed by atoms with Crippen molar-refractivity contribution in [3.05, 3.63) is 111 Å². The Bertz CT molecular complexity index is 1650. The summed E-state index contributed by atoms with van der Waals surface area (Å²) in [6, 6.07) is 20.3. The number of nitrogens with two attached hydrogens (primary N) is 1. The first-order valence-corrected chi connectivity index (χ1v) is 11.8. The molecule has 0 saturated carbocycles. The van der Waals surface area contributed by atoms with Crippen molar-refractivity contribution in [1.29, 1.82) is 5.26 Å². The van der Waals surface area contributed by atoms with Crippen LogP contribution in [0, 0.1) is 11.3 Å². The molecule has 0 spiro atoms. The van der Waals surface area contributed by atoms with Crippen molar-refractivity contribution in [3.8, 4) is 17.2 Å². The lowest BCUT2D eigenvalue weighted by Gasteiger charge is -2.31. The molecule has 4 aromatic rings. The van der Waals surface area contributed by atoms with Gasteiger partial charge in [-0.1, -0.05) is 54.6 Å². The second-order valence-corrected chi connectivity index (χ2v) is 8.96. The van der Waals surface area contributed by atoms with Crippen molar-refractivity contribution in [1.82, 2.24) is 14.5 Å². The molecule has 0 saturated heterocycles. The van der Waals surface area contributed by atoms with E-state index >= 15 is 0 Å². The van der Waals surface area contributed by atoms with Gasteiger partial charge in [-0.15, -0.1) is 0 Å². The minimum atomic E-state index is -0.561. The Hall–Kier alpha value is -5.03. The fourth-order valence-corrected chi connectivity index (χ4v) is 4.76. The third kappa shape index (κ3) is 4.39. The van der Waals surface area contributed by atoms with Gasteiger partial charge < -0.3 is 15.6 Å². The van der Waals surface area contributed by atoms with Crippen LogP contribution in [0.1, 0.15) is 39.9 Å². The van der Waals surface area contributed by atoms with E-state index in [0.29, 0.717) is 11.4 Å². The number of anilines is 2. The molecular formula is C29H24N6O2. The molecule has 1 unspecified atom stereocenters. The topological polar surface area (TPSA) is 127 Å². The van der Waals surface area contributed by atoms with E-state index in [4.69, 9.17) is 5.73 Å². The number of carbonyl (C=O) groups excluding carboxylic acids is 1. The number of nitrogen functional groups attached to an aromatic ring is 1. The van der Waals surface area contributed by atoms with Crippen LogP contribution in [0.3, 0.4) is 0 Å². The summed E-state index contributed by atoms with van der Waals surface area (Å²) in [4.78, 5) is 34.3. The fraction of sp³-hybridized carbons (Fsp3) is 0.138. The number of fused-ring (bicyclic) bond motifs is 1. The lowest BCUT2D eigenvalue weighted by molar-refractivity contribution is 0.0970. The second-order valence-electron chi connectivity index (χ2n) is 8.96. The standard InChI is InChI=1S/C29H24N6O2/c1-17(33-28-21(14-30)15-32-29(31)34-28)23-13-19-9-6-10-22(20-11-12-24(36)35(2)16-20)26(19)27(37)25(23)18-7-4-3-5-8-18/h3-13,15-17,25H,1-2H3,(H3,31,32,33,34)/t17-,25?/m0/s1. The second kappa shape index (κ2) is 9.55. The van der Waals surface area contributed by atoms with E-state index in [2.05, 4.69) is 21.4 Å². The van der Waals surface area contributed by atoms with Crippen LogP contribution in [0.5, 0.6) is 0 Å². The number of rotatable bonds is 5. The Balaban J connectivity index is 1.66. The third-order valence-electron chi connectivity index (χ3n) is 6.57. The van der Waals surface area contributed by atoms with Gasteiger partial charge in [-0.2, -0.15) is 10.2 Å². The molecule has 2 heterocycles. The summed E-state index contributed by atoms with van der Waals surface area (Å²) in [6.07, 6.45) is 5.14. The average Bonchev–Trinajstić information content (AvgIpc) is 2.90. The minimum absolute atomic E-state index is 0.0421. The summed E-state index contributed by atoms with van der Waals surface area (Å²) in [5.41, 5.74) is 10.6. The smallest absolute Gasteiger partial charge is 0.250 e. The number of carbonyl (C=O) groups is 1. The van der Waals surface area contributed by atoms with Crippen LogP contribution in [0.2, 0.25) is 0 Å². The van der Waals surface area contributed by atoms with Gasteiger partial charge in [-0.05, 0) is 40.8 Å². The van der Waals surface area contributed by atoms with E-state index in [9.17, 15) is 14.9 Å². The average molecular weight is 489 g/mol. The molecule has 2 atom stereocenters. The molecule has 2 aromatic carbocycles. The highest BCUT2D eigenvalue weighted by atomic mass is 16.1. The maximum absolute atomic E-state index is 14.3. The SMILES string of the molecule is C[C@H](Nc1nc(N)ncc1C#N)C1=Cc2cccc(-c3ccc(=O)n(C)c3)c2C(=O)C1c1ccccc1. The summed E-state index contributed by atoms with van der Waals surface area (Å²) < 4.78 is 1.50. The zero-order chi connectivity index (χ0) is 26.1. The Morgan fingerprint density at radius 1 is 1.08 bits per heavy atom. The van der Waals surface area contributed by atoms with Crippen molar-refractivity contribution in [2.75, 3.05) is 11.1 Å².